The lowest BCUT2D eigenvalue weighted by molar-refractivity contribution is -0.122. The second kappa shape index (κ2) is 8.60. The quantitative estimate of drug-likeness (QED) is 0.684. The topological polar surface area (TPSA) is 101 Å². The van der Waals surface area contributed by atoms with Gasteiger partial charge in [0.25, 0.3) is 0 Å². The SMILES string of the molecule is CNS(=O)(=O)c1ccc(CCC(=O)NC2CCCCC2CN)cc1. The smallest absolute Gasteiger partial charge is 0.240 e. The Morgan fingerprint density at radius 3 is 2.50 bits per heavy atom. The lowest BCUT2D eigenvalue weighted by Gasteiger charge is -2.31. The average Bonchev–Trinajstić information content (AvgIpc) is 2.61. The summed E-state index contributed by atoms with van der Waals surface area (Å²) in [5.41, 5.74) is 6.73. The summed E-state index contributed by atoms with van der Waals surface area (Å²) in [5.74, 6) is 0.418. The molecular formula is C17H27N3O3S. The van der Waals surface area contributed by atoms with Crippen LogP contribution in [-0.4, -0.2) is 34.0 Å². The molecule has 6 nitrogen and oxygen atoms in total. The van der Waals surface area contributed by atoms with Crippen molar-refractivity contribution in [3.8, 4) is 0 Å². The minimum absolute atomic E-state index is 0.0345. The number of hydrogen-bond acceptors (Lipinski definition) is 4. The molecular weight excluding hydrogens is 326 g/mol. The first kappa shape index (κ1) is 18.9. The van der Waals surface area contributed by atoms with E-state index in [-0.39, 0.29) is 16.8 Å². The minimum atomic E-state index is -3.42. The molecule has 0 aliphatic heterocycles. The van der Waals surface area contributed by atoms with Crippen molar-refractivity contribution in [2.45, 2.75) is 49.5 Å². The van der Waals surface area contributed by atoms with E-state index in [4.69, 9.17) is 5.73 Å². The molecule has 7 heteroatoms. The number of amides is 1. The molecule has 1 aromatic carbocycles. The summed E-state index contributed by atoms with van der Waals surface area (Å²) in [5, 5.41) is 3.11. The highest BCUT2D eigenvalue weighted by Crippen LogP contribution is 2.23. The molecule has 2 rings (SSSR count). The molecule has 0 bridgehead atoms. The third-order valence-electron chi connectivity index (χ3n) is 4.70. The summed E-state index contributed by atoms with van der Waals surface area (Å²) in [4.78, 5) is 12.4. The first-order chi connectivity index (χ1) is 11.5. The molecule has 134 valence electrons. The van der Waals surface area contributed by atoms with Gasteiger partial charge >= 0.3 is 0 Å². The zero-order valence-corrected chi connectivity index (χ0v) is 14.9. The highest BCUT2D eigenvalue weighted by atomic mass is 32.2. The number of carbonyl (C=O) groups is 1. The molecule has 2 unspecified atom stereocenters. The maximum Gasteiger partial charge on any atom is 0.240 e. The van der Waals surface area contributed by atoms with Crippen LogP contribution in [0, 0.1) is 5.92 Å². The number of hydrogen-bond donors (Lipinski definition) is 3. The third-order valence-corrected chi connectivity index (χ3v) is 6.13. The highest BCUT2D eigenvalue weighted by Gasteiger charge is 2.25. The third kappa shape index (κ3) is 5.03. The van der Waals surface area contributed by atoms with Crippen LogP contribution >= 0.6 is 0 Å². The first-order valence-electron chi connectivity index (χ1n) is 8.48. The van der Waals surface area contributed by atoms with Crippen molar-refractivity contribution in [2.24, 2.45) is 11.7 Å². The van der Waals surface area contributed by atoms with Crippen molar-refractivity contribution in [3.05, 3.63) is 29.8 Å². The lowest BCUT2D eigenvalue weighted by atomic mass is 9.84. The summed E-state index contributed by atoms with van der Waals surface area (Å²) in [6.45, 7) is 0.617. The number of rotatable bonds is 7. The van der Waals surface area contributed by atoms with Gasteiger partial charge in [-0.3, -0.25) is 4.79 Å². The Morgan fingerprint density at radius 2 is 1.88 bits per heavy atom. The Bertz CT molecular complexity index is 644. The van der Waals surface area contributed by atoms with Gasteiger partial charge in [-0.25, -0.2) is 13.1 Å². The number of nitrogens with one attached hydrogen (secondary N) is 2. The number of sulfonamides is 1. The lowest BCUT2D eigenvalue weighted by Crippen LogP contribution is -2.44. The van der Waals surface area contributed by atoms with E-state index in [2.05, 4.69) is 10.0 Å². The number of carbonyl (C=O) groups excluding carboxylic acids is 1. The Balaban J connectivity index is 1.85. The van der Waals surface area contributed by atoms with Crippen LogP contribution in [0.15, 0.2) is 29.2 Å². The largest absolute Gasteiger partial charge is 0.353 e. The van der Waals surface area contributed by atoms with E-state index in [1.54, 1.807) is 24.3 Å². The number of benzene rings is 1. The van der Waals surface area contributed by atoms with E-state index < -0.39 is 10.0 Å². The van der Waals surface area contributed by atoms with Gasteiger partial charge < -0.3 is 11.1 Å². The number of nitrogens with two attached hydrogens (primary N) is 1. The fraction of sp³-hybridized carbons (Fsp3) is 0.588. The van der Waals surface area contributed by atoms with Crippen molar-refractivity contribution >= 4 is 15.9 Å². The number of aryl methyl sites for hydroxylation is 1. The molecule has 24 heavy (non-hydrogen) atoms. The van der Waals surface area contributed by atoms with E-state index in [1.807, 2.05) is 0 Å². The van der Waals surface area contributed by atoms with E-state index in [1.165, 1.54) is 13.5 Å². The zero-order valence-electron chi connectivity index (χ0n) is 14.1. The van der Waals surface area contributed by atoms with Gasteiger partial charge in [0.1, 0.15) is 0 Å². The van der Waals surface area contributed by atoms with Crippen molar-refractivity contribution in [2.75, 3.05) is 13.6 Å². The molecule has 1 aliphatic carbocycles. The average molecular weight is 353 g/mol. The Morgan fingerprint density at radius 1 is 1.21 bits per heavy atom. The van der Waals surface area contributed by atoms with Crippen molar-refractivity contribution in [1.29, 1.82) is 0 Å². The maximum absolute atomic E-state index is 12.2. The summed E-state index contributed by atoms with van der Waals surface area (Å²) in [7, 11) is -2.03. The minimum Gasteiger partial charge on any atom is -0.353 e. The van der Waals surface area contributed by atoms with Crippen molar-refractivity contribution in [3.63, 3.8) is 0 Å². The van der Waals surface area contributed by atoms with Crippen molar-refractivity contribution in [1.82, 2.24) is 10.0 Å². The molecule has 4 N–H and O–H groups in total. The summed E-state index contributed by atoms with van der Waals surface area (Å²) >= 11 is 0. The van der Waals surface area contributed by atoms with Gasteiger partial charge in [0.15, 0.2) is 0 Å². The normalized spacial score (nSPS) is 21.4. The van der Waals surface area contributed by atoms with Gasteiger partial charge in [-0.1, -0.05) is 25.0 Å². The molecule has 0 aromatic heterocycles. The molecule has 1 fully saturated rings. The van der Waals surface area contributed by atoms with Gasteiger partial charge in [-0.2, -0.15) is 0 Å². The van der Waals surface area contributed by atoms with Gasteiger partial charge in [0.2, 0.25) is 15.9 Å². The monoisotopic (exact) mass is 353 g/mol. The zero-order chi connectivity index (χ0) is 17.6. The van der Waals surface area contributed by atoms with Crippen LogP contribution < -0.4 is 15.8 Å². The van der Waals surface area contributed by atoms with E-state index in [0.717, 1.165) is 24.8 Å². The Kier molecular flexibility index (Phi) is 6.77. The van der Waals surface area contributed by atoms with E-state index in [9.17, 15) is 13.2 Å². The van der Waals surface area contributed by atoms with E-state index >= 15 is 0 Å². The van der Waals surface area contributed by atoms with Crippen LogP contribution in [0.3, 0.4) is 0 Å². The van der Waals surface area contributed by atoms with E-state index in [0.29, 0.717) is 25.3 Å². The molecule has 1 amide bonds. The van der Waals surface area contributed by atoms with Crippen LogP contribution in [0.1, 0.15) is 37.7 Å². The van der Waals surface area contributed by atoms with Gasteiger partial charge in [-0.15, -0.1) is 0 Å². The van der Waals surface area contributed by atoms with Gasteiger partial charge in [0, 0.05) is 12.5 Å². The van der Waals surface area contributed by atoms with Crippen LogP contribution in [0.4, 0.5) is 0 Å². The molecule has 1 aromatic rings. The van der Waals surface area contributed by atoms with Crippen molar-refractivity contribution < 1.29 is 13.2 Å². The highest BCUT2D eigenvalue weighted by molar-refractivity contribution is 7.89. The first-order valence-corrected chi connectivity index (χ1v) is 9.96. The maximum atomic E-state index is 12.2. The Hall–Kier alpha value is -1.44. The molecule has 0 spiro atoms. The second-order valence-electron chi connectivity index (χ2n) is 6.31. The van der Waals surface area contributed by atoms with Crippen LogP contribution in [-0.2, 0) is 21.2 Å². The molecule has 1 saturated carbocycles. The van der Waals surface area contributed by atoms with Gasteiger partial charge in [-0.05, 0) is 56.5 Å². The van der Waals surface area contributed by atoms with Crippen LogP contribution in [0.25, 0.3) is 0 Å². The molecule has 0 radical (unpaired) electrons. The fourth-order valence-electron chi connectivity index (χ4n) is 3.17. The van der Waals surface area contributed by atoms with Gasteiger partial charge in [0.05, 0.1) is 4.90 Å². The van der Waals surface area contributed by atoms with Crippen LogP contribution in [0.2, 0.25) is 0 Å². The predicted octanol–water partition coefficient (Wildman–Crippen LogP) is 1.16. The molecule has 1 aliphatic rings. The molecule has 2 atom stereocenters. The molecule has 0 saturated heterocycles. The van der Waals surface area contributed by atoms with Crippen LogP contribution in [0.5, 0.6) is 0 Å². The summed E-state index contributed by atoms with van der Waals surface area (Å²) in [6, 6.07) is 6.82. The predicted molar refractivity (Wildman–Crippen MR) is 94.0 cm³/mol. The summed E-state index contributed by atoms with van der Waals surface area (Å²) < 4.78 is 25.6. The summed E-state index contributed by atoms with van der Waals surface area (Å²) in [6.07, 6.45) is 5.41. The Labute approximate surface area is 144 Å². The standard InChI is InChI=1S/C17H27N3O3S/c1-19-24(22,23)15-9-6-13(7-10-15)8-11-17(21)20-16-5-3-2-4-14(16)12-18/h6-7,9-10,14,16,19H,2-5,8,11-12,18H2,1H3,(H,20,21). The fourth-order valence-corrected chi connectivity index (χ4v) is 3.90. The molecule has 0 heterocycles. The second-order valence-corrected chi connectivity index (χ2v) is 8.19.